The summed E-state index contributed by atoms with van der Waals surface area (Å²) in [5.41, 5.74) is 1.46. The van der Waals surface area contributed by atoms with Gasteiger partial charge in [0.15, 0.2) is 5.58 Å². The highest BCUT2D eigenvalue weighted by Crippen LogP contribution is 2.16. The van der Waals surface area contributed by atoms with Gasteiger partial charge in [0.05, 0.1) is 18.4 Å². The number of nitrogens with one attached hydrogen (secondary N) is 1. The molecule has 7 nitrogen and oxygen atoms in total. The van der Waals surface area contributed by atoms with Crippen LogP contribution in [0.3, 0.4) is 0 Å². The Morgan fingerprint density at radius 2 is 2.10 bits per heavy atom. The molecule has 20 heavy (non-hydrogen) atoms. The summed E-state index contributed by atoms with van der Waals surface area (Å²) in [6.07, 6.45) is 0.635. The predicted octanol–water partition coefficient (Wildman–Crippen LogP) is 2.68. The first-order valence-electron chi connectivity index (χ1n) is 6.09. The van der Waals surface area contributed by atoms with E-state index in [1.807, 2.05) is 13.8 Å². The molecule has 1 N–H and O–H groups in total. The molecule has 108 valence electrons. The van der Waals surface area contributed by atoms with E-state index in [1.165, 1.54) is 12.3 Å². The number of fused-ring (bicyclic) bond motifs is 1. The Morgan fingerprint density at radius 1 is 1.30 bits per heavy atom. The van der Waals surface area contributed by atoms with E-state index in [-0.39, 0.29) is 18.2 Å². The van der Waals surface area contributed by atoms with Gasteiger partial charge in [0.2, 0.25) is 6.79 Å². The summed E-state index contributed by atoms with van der Waals surface area (Å²) in [6.45, 7) is 3.54. The van der Waals surface area contributed by atoms with E-state index in [0.717, 1.165) is 0 Å². The summed E-state index contributed by atoms with van der Waals surface area (Å²) in [5.74, 6) is -0.437. The zero-order valence-electron chi connectivity index (χ0n) is 11.2. The van der Waals surface area contributed by atoms with Gasteiger partial charge < -0.3 is 23.6 Å². The number of furan rings is 1. The maximum atomic E-state index is 11.6. The lowest BCUT2D eigenvalue weighted by Crippen LogP contribution is -2.16. The molecule has 0 aliphatic heterocycles. The number of carbonyl (C=O) groups is 2. The number of H-pyrrole nitrogens is 1. The average molecular weight is 281 g/mol. The number of hydrogen-bond donors (Lipinski definition) is 1. The maximum Gasteiger partial charge on any atom is 0.511 e. The number of aromatic amines is 1. The molecule has 0 saturated carbocycles. The third kappa shape index (κ3) is 3.53. The smallest absolute Gasteiger partial charge is 0.463 e. The van der Waals surface area contributed by atoms with E-state index in [2.05, 4.69) is 9.72 Å². The minimum atomic E-state index is -0.869. The lowest BCUT2D eigenvalue weighted by Gasteiger charge is -2.07. The molecule has 0 atom stereocenters. The Morgan fingerprint density at radius 3 is 2.80 bits per heavy atom. The van der Waals surface area contributed by atoms with Crippen LogP contribution in [-0.2, 0) is 14.2 Å². The summed E-state index contributed by atoms with van der Waals surface area (Å²) >= 11 is 0. The van der Waals surface area contributed by atoms with Gasteiger partial charge >= 0.3 is 12.1 Å². The monoisotopic (exact) mass is 281 g/mol. The van der Waals surface area contributed by atoms with Crippen LogP contribution in [0.5, 0.6) is 0 Å². The summed E-state index contributed by atoms with van der Waals surface area (Å²) in [6, 6.07) is 3.20. The van der Waals surface area contributed by atoms with Crippen LogP contribution in [0.15, 0.2) is 22.8 Å². The van der Waals surface area contributed by atoms with E-state index in [9.17, 15) is 9.59 Å². The van der Waals surface area contributed by atoms with Gasteiger partial charge in [-0.25, -0.2) is 9.59 Å². The highest BCUT2D eigenvalue weighted by Gasteiger charge is 2.13. The number of aromatic nitrogens is 1. The predicted molar refractivity (Wildman–Crippen MR) is 68.1 cm³/mol. The molecular weight excluding hydrogens is 266 g/mol. The highest BCUT2D eigenvalue weighted by molar-refractivity contribution is 5.93. The maximum absolute atomic E-state index is 11.6. The second-order valence-corrected chi connectivity index (χ2v) is 4.53. The fraction of sp³-hybridized carbons (Fsp3) is 0.385. The molecule has 0 aliphatic rings. The quantitative estimate of drug-likeness (QED) is 0.669. The number of hydrogen-bond acceptors (Lipinski definition) is 6. The number of rotatable bonds is 5. The minimum absolute atomic E-state index is 0.208. The fourth-order valence-corrected chi connectivity index (χ4v) is 1.44. The molecule has 0 spiro atoms. The van der Waals surface area contributed by atoms with Crippen molar-refractivity contribution in [3.63, 3.8) is 0 Å². The molecule has 0 saturated heterocycles. The summed E-state index contributed by atoms with van der Waals surface area (Å²) < 4.78 is 19.2. The van der Waals surface area contributed by atoms with Gasteiger partial charge in [-0.1, -0.05) is 13.8 Å². The molecule has 0 unspecified atom stereocenters. The Labute approximate surface area is 114 Å². The van der Waals surface area contributed by atoms with E-state index in [0.29, 0.717) is 11.1 Å². The SMILES string of the molecule is CC(C)COC(=O)OCOC(=O)c1cc2occc2[nH]1. The number of esters is 1. The zero-order chi connectivity index (χ0) is 14.5. The van der Waals surface area contributed by atoms with Crippen molar-refractivity contribution in [2.45, 2.75) is 13.8 Å². The number of ether oxygens (including phenoxy) is 3. The van der Waals surface area contributed by atoms with Gasteiger partial charge in [0, 0.05) is 12.1 Å². The first-order valence-corrected chi connectivity index (χ1v) is 6.09. The standard InChI is InChI=1S/C13H15NO6/c1-8(2)6-18-13(16)20-7-19-12(15)10-5-11-9(14-10)3-4-17-11/h3-5,8,14H,6-7H2,1-2H3. The first kappa shape index (κ1) is 14.0. The van der Waals surface area contributed by atoms with Crippen LogP contribution < -0.4 is 0 Å². The van der Waals surface area contributed by atoms with E-state index >= 15 is 0 Å². The highest BCUT2D eigenvalue weighted by atomic mass is 16.8. The van der Waals surface area contributed by atoms with Crippen molar-refractivity contribution in [1.29, 1.82) is 0 Å². The Kier molecular flexibility index (Phi) is 4.29. The zero-order valence-corrected chi connectivity index (χ0v) is 11.2. The topological polar surface area (TPSA) is 90.8 Å². The second kappa shape index (κ2) is 6.14. The van der Waals surface area contributed by atoms with E-state index < -0.39 is 18.9 Å². The molecule has 0 bridgehead atoms. The van der Waals surface area contributed by atoms with Crippen LogP contribution in [0.25, 0.3) is 11.1 Å². The van der Waals surface area contributed by atoms with E-state index in [1.54, 1.807) is 6.07 Å². The van der Waals surface area contributed by atoms with Crippen LogP contribution in [0.1, 0.15) is 24.3 Å². The lowest BCUT2D eigenvalue weighted by atomic mass is 10.2. The molecule has 2 heterocycles. The molecule has 0 aliphatic carbocycles. The molecule has 0 radical (unpaired) electrons. The van der Waals surface area contributed by atoms with Crippen LogP contribution in [-0.4, -0.2) is 30.5 Å². The summed E-state index contributed by atoms with van der Waals surface area (Å²) in [5, 5.41) is 0. The van der Waals surface area contributed by atoms with E-state index in [4.69, 9.17) is 13.9 Å². The Hall–Kier alpha value is -2.44. The molecule has 0 amide bonds. The van der Waals surface area contributed by atoms with Crippen molar-refractivity contribution in [3.8, 4) is 0 Å². The molecule has 2 rings (SSSR count). The fourth-order valence-electron chi connectivity index (χ4n) is 1.44. The van der Waals surface area contributed by atoms with Gasteiger partial charge in [-0.2, -0.15) is 0 Å². The van der Waals surface area contributed by atoms with Crippen molar-refractivity contribution in [2.75, 3.05) is 13.4 Å². The normalized spacial score (nSPS) is 10.8. The van der Waals surface area contributed by atoms with Gasteiger partial charge in [-0.3, -0.25) is 0 Å². The van der Waals surface area contributed by atoms with Gasteiger partial charge in [-0.05, 0) is 5.92 Å². The van der Waals surface area contributed by atoms with Crippen molar-refractivity contribution in [3.05, 3.63) is 24.1 Å². The minimum Gasteiger partial charge on any atom is -0.463 e. The van der Waals surface area contributed by atoms with Gasteiger partial charge in [0.25, 0.3) is 0 Å². The molecule has 2 aromatic heterocycles. The van der Waals surface area contributed by atoms with Crippen LogP contribution in [0, 0.1) is 5.92 Å². The molecule has 0 aromatic carbocycles. The third-order valence-electron chi connectivity index (χ3n) is 2.36. The second-order valence-electron chi connectivity index (χ2n) is 4.53. The third-order valence-corrected chi connectivity index (χ3v) is 2.36. The molecule has 7 heteroatoms. The van der Waals surface area contributed by atoms with Crippen LogP contribution >= 0.6 is 0 Å². The summed E-state index contributed by atoms with van der Waals surface area (Å²) in [4.78, 5) is 25.6. The van der Waals surface area contributed by atoms with Gasteiger partial charge in [0.1, 0.15) is 5.69 Å². The molecule has 2 aromatic rings. The number of carbonyl (C=O) groups excluding carboxylic acids is 2. The lowest BCUT2D eigenvalue weighted by molar-refractivity contribution is -0.0299. The van der Waals surface area contributed by atoms with Crippen LogP contribution in [0.2, 0.25) is 0 Å². The van der Waals surface area contributed by atoms with Crippen molar-refractivity contribution in [1.82, 2.24) is 4.98 Å². The first-order chi connectivity index (χ1) is 9.56. The average Bonchev–Trinajstić information content (AvgIpc) is 2.96. The van der Waals surface area contributed by atoms with Crippen LogP contribution in [0.4, 0.5) is 4.79 Å². The summed E-state index contributed by atoms with van der Waals surface area (Å²) in [7, 11) is 0. The van der Waals surface area contributed by atoms with Crippen molar-refractivity contribution >= 4 is 23.2 Å². The molecule has 0 fully saturated rings. The largest absolute Gasteiger partial charge is 0.511 e. The Balaban J connectivity index is 1.75. The van der Waals surface area contributed by atoms with Crippen molar-refractivity contribution < 1.29 is 28.2 Å². The Bertz CT molecular complexity index is 568. The van der Waals surface area contributed by atoms with Crippen molar-refractivity contribution in [2.24, 2.45) is 5.92 Å². The van der Waals surface area contributed by atoms with Gasteiger partial charge in [-0.15, -0.1) is 0 Å². The molecular formula is C13H15NO6.